The zero-order valence-corrected chi connectivity index (χ0v) is 28.0. The molecule has 236 valence electrons. The van der Waals surface area contributed by atoms with Gasteiger partial charge in [0.1, 0.15) is 11.3 Å². The van der Waals surface area contributed by atoms with Gasteiger partial charge in [-0.2, -0.15) is 0 Å². The van der Waals surface area contributed by atoms with Gasteiger partial charge in [-0.3, -0.25) is 29.0 Å². The summed E-state index contributed by atoms with van der Waals surface area (Å²) in [7, 11) is 5.20. The van der Waals surface area contributed by atoms with Crippen LogP contribution in [0.4, 0.5) is 0 Å². The van der Waals surface area contributed by atoms with Gasteiger partial charge in [0.15, 0.2) is 11.5 Å². The fraction of sp³-hybridized carbons (Fsp3) is 0.600. The van der Waals surface area contributed by atoms with Gasteiger partial charge in [0, 0.05) is 13.0 Å². The molecular formula is C25H30BBrN6O9S2. The highest BCUT2D eigenvalue weighted by Crippen LogP contribution is 2.53. The SMILES string of the molecule is [B]OC(=O)[C@@]1(N2CCN(N)C(=O)C2=O)CN2C(=O)[C@@H](CC(=O)/C(=N\OC(C)(C)C(=O)OC(C)(C)C)c3nc(C)sc3Br)[C@H]2S1. The third-order valence-corrected chi connectivity index (χ3v) is 10.3. The van der Waals surface area contributed by atoms with Crippen LogP contribution in [0.15, 0.2) is 8.94 Å². The molecule has 15 nitrogen and oxygen atoms in total. The molecule has 0 unspecified atom stereocenters. The van der Waals surface area contributed by atoms with E-state index in [1.807, 2.05) is 0 Å². The number of carbonyl (C=O) groups excluding carboxylic acids is 6. The van der Waals surface area contributed by atoms with E-state index >= 15 is 0 Å². The molecule has 44 heavy (non-hydrogen) atoms. The molecule has 4 heterocycles. The lowest BCUT2D eigenvalue weighted by atomic mass is 9.90. The van der Waals surface area contributed by atoms with Crippen molar-refractivity contribution in [2.75, 3.05) is 19.6 Å². The molecule has 0 aliphatic carbocycles. The number of esters is 1. The van der Waals surface area contributed by atoms with Crippen LogP contribution in [0.1, 0.15) is 51.7 Å². The van der Waals surface area contributed by atoms with Gasteiger partial charge in [-0.25, -0.2) is 15.6 Å². The molecule has 1 aromatic rings. The van der Waals surface area contributed by atoms with Gasteiger partial charge >= 0.3 is 31.8 Å². The molecule has 2 N–H and O–H groups in total. The number of thioether (sulfide) groups is 1. The first-order valence-electron chi connectivity index (χ1n) is 13.3. The highest BCUT2D eigenvalue weighted by atomic mass is 79.9. The quantitative estimate of drug-likeness (QED) is 0.0543. The van der Waals surface area contributed by atoms with Crippen LogP contribution in [-0.2, 0) is 43.0 Å². The third kappa shape index (κ3) is 6.23. The van der Waals surface area contributed by atoms with E-state index in [1.54, 1.807) is 27.7 Å². The number of hydrogen-bond acceptors (Lipinski definition) is 14. The number of carbonyl (C=O) groups is 6. The highest BCUT2D eigenvalue weighted by molar-refractivity contribution is 9.11. The number of oxime groups is 1. The molecule has 3 atom stereocenters. The third-order valence-electron chi connectivity index (χ3n) is 6.91. The van der Waals surface area contributed by atoms with E-state index < -0.39 is 62.8 Å². The van der Waals surface area contributed by atoms with Crippen LogP contribution in [-0.4, -0.2) is 110 Å². The Morgan fingerprint density at radius 1 is 1.16 bits per heavy atom. The first-order valence-corrected chi connectivity index (χ1v) is 15.8. The molecule has 3 saturated heterocycles. The minimum absolute atomic E-state index is 0.0628. The van der Waals surface area contributed by atoms with Crippen molar-refractivity contribution in [2.45, 2.75) is 69.4 Å². The van der Waals surface area contributed by atoms with Crippen molar-refractivity contribution in [3.63, 3.8) is 0 Å². The molecule has 0 aromatic carbocycles. The normalized spacial score (nSPS) is 24.2. The number of fused-ring (bicyclic) bond motifs is 1. The maximum absolute atomic E-state index is 13.7. The van der Waals surface area contributed by atoms with Gasteiger partial charge in [0.25, 0.3) is 0 Å². The van der Waals surface area contributed by atoms with Crippen molar-refractivity contribution in [1.82, 2.24) is 19.8 Å². The minimum Gasteiger partial charge on any atom is -0.541 e. The first kappa shape index (κ1) is 33.9. The van der Waals surface area contributed by atoms with E-state index in [4.69, 9.17) is 23.5 Å². The average Bonchev–Trinajstić information content (AvgIpc) is 3.46. The molecule has 19 heteroatoms. The van der Waals surface area contributed by atoms with Gasteiger partial charge in [-0.1, -0.05) is 16.9 Å². The number of β-lactam (4-membered cyclic amide) rings is 1. The lowest BCUT2D eigenvalue weighted by Crippen LogP contribution is -2.66. The first-order chi connectivity index (χ1) is 20.3. The zero-order chi connectivity index (χ0) is 32.9. The Hall–Kier alpha value is -3.03. The number of ketones is 1. The van der Waals surface area contributed by atoms with Crippen LogP contribution in [0.3, 0.4) is 0 Å². The van der Waals surface area contributed by atoms with Crippen LogP contribution in [0.5, 0.6) is 0 Å². The van der Waals surface area contributed by atoms with Crippen molar-refractivity contribution in [2.24, 2.45) is 16.9 Å². The number of aryl methyl sites for hydroxylation is 1. The molecule has 0 spiro atoms. The molecule has 3 aliphatic rings. The van der Waals surface area contributed by atoms with Crippen molar-refractivity contribution in [3.8, 4) is 0 Å². The van der Waals surface area contributed by atoms with Crippen LogP contribution in [0.25, 0.3) is 0 Å². The second kappa shape index (κ2) is 12.1. The Labute approximate surface area is 270 Å². The second-order valence-electron chi connectivity index (χ2n) is 11.8. The van der Waals surface area contributed by atoms with Gasteiger partial charge in [0.05, 0.1) is 33.2 Å². The number of hydrazine groups is 1. The summed E-state index contributed by atoms with van der Waals surface area (Å²) in [4.78, 5) is 88.2. The summed E-state index contributed by atoms with van der Waals surface area (Å²) in [6.07, 6.45) is -0.373. The number of halogens is 1. The molecular weight excluding hydrogens is 683 g/mol. The number of nitrogens with two attached hydrogens (primary N) is 1. The predicted octanol–water partition coefficient (Wildman–Crippen LogP) is 0.413. The predicted molar refractivity (Wildman–Crippen MR) is 160 cm³/mol. The van der Waals surface area contributed by atoms with E-state index in [9.17, 15) is 28.8 Å². The lowest BCUT2D eigenvalue weighted by molar-refractivity contribution is -0.179. The zero-order valence-electron chi connectivity index (χ0n) is 24.7. The Balaban J connectivity index is 1.59. The number of ether oxygens (including phenoxy) is 1. The Kier molecular flexibility index (Phi) is 9.28. The van der Waals surface area contributed by atoms with E-state index in [2.05, 4.69) is 30.7 Å². The van der Waals surface area contributed by atoms with Crippen molar-refractivity contribution >= 4 is 88.2 Å². The van der Waals surface area contributed by atoms with E-state index in [1.165, 1.54) is 30.1 Å². The molecule has 4 rings (SSSR count). The summed E-state index contributed by atoms with van der Waals surface area (Å²) < 4.78 is 10.4. The fourth-order valence-corrected chi connectivity index (χ4v) is 8.05. The highest BCUT2D eigenvalue weighted by Gasteiger charge is 2.66. The summed E-state index contributed by atoms with van der Waals surface area (Å²) in [5.41, 5.74) is -2.46. The van der Waals surface area contributed by atoms with E-state index in [-0.39, 0.29) is 37.5 Å². The Morgan fingerprint density at radius 2 is 1.82 bits per heavy atom. The standard InChI is InChI=1S/C25H30BBrN6O9S2/c1-11-29-15(16(27)43-11)14(30-42-24(5,6)21(38)40-23(2,3)4)13(34)9-12-17(35)31-10-25(22(39)41-26,44-20(12)31)32-7-8-33(28)19(37)18(32)36/h12,20H,7-10,28H2,1-6H3/b30-14+/t12-,20-,25-/m1/s1. The number of hydrogen-bond donors (Lipinski definition) is 1. The lowest BCUT2D eigenvalue weighted by Gasteiger charge is -2.41. The summed E-state index contributed by atoms with van der Waals surface area (Å²) in [6, 6.07) is 0. The van der Waals surface area contributed by atoms with Gasteiger partial charge in [-0.05, 0) is 57.5 Å². The van der Waals surface area contributed by atoms with E-state index in [0.717, 1.165) is 21.7 Å². The number of piperazine rings is 1. The molecule has 3 fully saturated rings. The molecule has 0 bridgehead atoms. The smallest absolute Gasteiger partial charge is 0.378 e. The topological polar surface area (TPSA) is 191 Å². The maximum Gasteiger partial charge on any atom is 0.378 e. The number of Topliss-reactive ketones (excluding diaryl/α,β-unsaturated/α-hetero) is 1. The summed E-state index contributed by atoms with van der Waals surface area (Å²) in [6.45, 7) is 9.20. The van der Waals surface area contributed by atoms with Crippen molar-refractivity contribution in [3.05, 3.63) is 14.5 Å². The number of amides is 3. The van der Waals surface area contributed by atoms with E-state index in [0.29, 0.717) is 8.79 Å². The minimum atomic E-state index is -1.83. The number of aromatic nitrogens is 1. The van der Waals surface area contributed by atoms with Crippen molar-refractivity contribution < 1.29 is 43.0 Å². The maximum atomic E-state index is 13.7. The Morgan fingerprint density at radius 3 is 2.39 bits per heavy atom. The van der Waals surface area contributed by atoms with Crippen LogP contribution < -0.4 is 5.84 Å². The molecule has 3 aliphatic heterocycles. The van der Waals surface area contributed by atoms with Crippen LogP contribution >= 0.6 is 39.0 Å². The van der Waals surface area contributed by atoms with Crippen molar-refractivity contribution in [1.29, 1.82) is 0 Å². The van der Waals surface area contributed by atoms with Gasteiger partial charge in [0.2, 0.25) is 16.4 Å². The summed E-state index contributed by atoms with van der Waals surface area (Å²) in [5, 5.41) is 4.63. The molecule has 2 radical (unpaired) electrons. The second-order valence-corrected chi connectivity index (χ2v) is 15.7. The number of nitrogens with zero attached hydrogens (tertiary/aromatic N) is 5. The van der Waals surface area contributed by atoms with Crippen LogP contribution in [0.2, 0.25) is 0 Å². The summed E-state index contributed by atoms with van der Waals surface area (Å²) in [5.74, 6) is -0.319. The summed E-state index contributed by atoms with van der Waals surface area (Å²) >= 11 is 5.51. The van der Waals surface area contributed by atoms with Gasteiger partial charge < -0.3 is 24.0 Å². The molecule has 3 amide bonds. The fourth-order valence-electron chi connectivity index (χ4n) is 4.69. The van der Waals surface area contributed by atoms with Gasteiger partial charge in [-0.15, -0.1) is 11.3 Å². The number of rotatable bonds is 9. The molecule has 0 saturated carbocycles. The Bertz CT molecular complexity index is 1460. The number of thiazole rings is 1. The largest absolute Gasteiger partial charge is 0.541 e. The molecule has 1 aromatic heterocycles. The van der Waals surface area contributed by atoms with Crippen LogP contribution in [0, 0.1) is 12.8 Å². The monoisotopic (exact) mass is 712 g/mol. The average molecular weight is 713 g/mol.